The van der Waals surface area contributed by atoms with Crippen LogP contribution in [0.3, 0.4) is 0 Å². The van der Waals surface area contributed by atoms with Gasteiger partial charge in [-0.15, -0.1) is 11.3 Å². The van der Waals surface area contributed by atoms with Crippen LogP contribution in [0.4, 0.5) is 0 Å². The monoisotopic (exact) mass is 272 g/mol. The quantitative estimate of drug-likeness (QED) is 0.899. The van der Waals surface area contributed by atoms with Crippen LogP contribution in [-0.2, 0) is 13.0 Å². The predicted octanol–water partition coefficient (Wildman–Crippen LogP) is 3.64. The van der Waals surface area contributed by atoms with Crippen molar-refractivity contribution in [3.63, 3.8) is 0 Å². The Labute approximate surface area is 118 Å². The zero-order valence-corrected chi connectivity index (χ0v) is 12.4. The van der Waals surface area contributed by atoms with E-state index in [-0.39, 0.29) is 0 Å². The number of thiazole rings is 1. The number of aryl methyl sites for hydroxylation is 1. The third-order valence-corrected chi connectivity index (χ3v) is 4.75. The molecule has 3 heteroatoms. The first-order valence-corrected chi connectivity index (χ1v) is 7.77. The lowest BCUT2D eigenvalue weighted by atomic mass is 10.1. The van der Waals surface area contributed by atoms with Gasteiger partial charge in [-0.05, 0) is 37.9 Å². The van der Waals surface area contributed by atoms with Crippen LogP contribution in [0.5, 0.6) is 0 Å². The van der Waals surface area contributed by atoms with Crippen molar-refractivity contribution in [1.82, 2.24) is 10.3 Å². The molecule has 0 amide bonds. The van der Waals surface area contributed by atoms with Gasteiger partial charge in [-0.2, -0.15) is 0 Å². The molecular weight excluding hydrogens is 252 g/mol. The van der Waals surface area contributed by atoms with Gasteiger partial charge in [-0.25, -0.2) is 4.98 Å². The minimum absolute atomic E-state index is 0.741. The van der Waals surface area contributed by atoms with E-state index in [1.165, 1.54) is 39.5 Å². The Kier molecular flexibility index (Phi) is 3.67. The first kappa shape index (κ1) is 12.8. The second-order valence-corrected chi connectivity index (χ2v) is 6.49. The van der Waals surface area contributed by atoms with Crippen molar-refractivity contribution < 1.29 is 0 Å². The zero-order valence-electron chi connectivity index (χ0n) is 11.6. The fourth-order valence-corrected chi connectivity index (χ4v) is 3.61. The molecule has 1 aliphatic rings. The van der Waals surface area contributed by atoms with Gasteiger partial charge in [0.05, 0.1) is 10.7 Å². The zero-order chi connectivity index (χ0) is 13.2. The van der Waals surface area contributed by atoms with Crippen molar-refractivity contribution in [2.45, 2.75) is 38.6 Å². The van der Waals surface area contributed by atoms with Gasteiger partial charge in [0.15, 0.2) is 0 Å². The summed E-state index contributed by atoms with van der Waals surface area (Å²) in [7, 11) is 2.01. The highest BCUT2D eigenvalue weighted by molar-refractivity contribution is 7.11. The van der Waals surface area contributed by atoms with Crippen LogP contribution >= 0.6 is 11.3 Å². The molecule has 0 spiro atoms. The summed E-state index contributed by atoms with van der Waals surface area (Å²) in [4.78, 5) is 6.34. The topological polar surface area (TPSA) is 24.9 Å². The van der Waals surface area contributed by atoms with Crippen LogP contribution in [0, 0.1) is 6.92 Å². The molecule has 2 nitrogen and oxygen atoms in total. The van der Waals surface area contributed by atoms with Crippen molar-refractivity contribution in [2.75, 3.05) is 7.05 Å². The molecule has 0 unspecified atom stereocenters. The van der Waals surface area contributed by atoms with E-state index in [9.17, 15) is 0 Å². The van der Waals surface area contributed by atoms with Gasteiger partial charge in [-0.3, -0.25) is 0 Å². The smallest absolute Gasteiger partial charge is 0.0975 e. The SMILES string of the molecule is CNCc1sc(Cc2ccccc2C)nc1C1CC1. The van der Waals surface area contributed by atoms with E-state index in [4.69, 9.17) is 4.98 Å². The Hall–Kier alpha value is -1.19. The van der Waals surface area contributed by atoms with E-state index in [1.807, 2.05) is 18.4 Å². The summed E-state index contributed by atoms with van der Waals surface area (Å²) in [5.41, 5.74) is 4.12. The Morgan fingerprint density at radius 2 is 2.11 bits per heavy atom. The van der Waals surface area contributed by atoms with Gasteiger partial charge in [-0.1, -0.05) is 24.3 Å². The molecule has 1 aromatic heterocycles. The average molecular weight is 272 g/mol. The number of nitrogens with one attached hydrogen (secondary N) is 1. The predicted molar refractivity (Wildman–Crippen MR) is 80.8 cm³/mol. The molecule has 1 saturated carbocycles. The van der Waals surface area contributed by atoms with Crippen molar-refractivity contribution in [3.8, 4) is 0 Å². The van der Waals surface area contributed by atoms with Crippen LogP contribution < -0.4 is 5.32 Å². The fraction of sp³-hybridized carbons (Fsp3) is 0.438. The highest BCUT2D eigenvalue weighted by atomic mass is 32.1. The van der Waals surface area contributed by atoms with Crippen LogP contribution in [0.2, 0.25) is 0 Å². The molecular formula is C16H20N2S. The number of aromatic nitrogens is 1. The maximum Gasteiger partial charge on any atom is 0.0975 e. The molecule has 0 atom stereocenters. The van der Waals surface area contributed by atoms with Crippen LogP contribution in [0.25, 0.3) is 0 Å². The van der Waals surface area contributed by atoms with Crippen molar-refractivity contribution >= 4 is 11.3 Å². The number of rotatable bonds is 5. The minimum Gasteiger partial charge on any atom is -0.315 e. The maximum atomic E-state index is 4.91. The van der Waals surface area contributed by atoms with Crippen LogP contribution in [-0.4, -0.2) is 12.0 Å². The summed E-state index contributed by atoms with van der Waals surface area (Å²) < 4.78 is 0. The number of hydrogen-bond acceptors (Lipinski definition) is 3. The minimum atomic E-state index is 0.741. The van der Waals surface area contributed by atoms with E-state index in [2.05, 4.69) is 36.5 Å². The molecule has 0 aliphatic heterocycles. The van der Waals surface area contributed by atoms with Crippen LogP contribution in [0.15, 0.2) is 24.3 Å². The lowest BCUT2D eigenvalue weighted by Crippen LogP contribution is -2.05. The summed E-state index contributed by atoms with van der Waals surface area (Å²) in [5.74, 6) is 0.741. The lowest BCUT2D eigenvalue weighted by Gasteiger charge is -2.02. The van der Waals surface area contributed by atoms with E-state index >= 15 is 0 Å². The van der Waals surface area contributed by atoms with Crippen molar-refractivity contribution in [1.29, 1.82) is 0 Å². The Morgan fingerprint density at radius 3 is 2.79 bits per heavy atom. The molecule has 1 aromatic carbocycles. The molecule has 0 saturated heterocycles. The molecule has 0 bridgehead atoms. The number of nitrogens with zero attached hydrogens (tertiary/aromatic N) is 1. The highest BCUT2D eigenvalue weighted by Crippen LogP contribution is 2.42. The molecule has 3 rings (SSSR count). The molecule has 2 aromatic rings. The summed E-state index contributed by atoms with van der Waals surface area (Å²) in [6.45, 7) is 3.14. The Morgan fingerprint density at radius 1 is 1.32 bits per heavy atom. The van der Waals surface area contributed by atoms with Gasteiger partial charge in [0.2, 0.25) is 0 Å². The average Bonchev–Trinajstić information content (AvgIpc) is 3.17. The summed E-state index contributed by atoms with van der Waals surface area (Å²) in [6, 6.07) is 8.61. The van der Waals surface area contributed by atoms with Gasteiger partial charge in [0.25, 0.3) is 0 Å². The van der Waals surface area contributed by atoms with Gasteiger partial charge >= 0.3 is 0 Å². The summed E-state index contributed by atoms with van der Waals surface area (Å²) in [6.07, 6.45) is 3.62. The first-order chi connectivity index (χ1) is 9.28. The van der Waals surface area contributed by atoms with Gasteiger partial charge in [0.1, 0.15) is 0 Å². The second-order valence-electron chi connectivity index (χ2n) is 5.32. The van der Waals surface area contributed by atoms with E-state index in [1.54, 1.807) is 0 Å². The third-order valence-electron chi connectivity index (χ3n) is 3.68. The summed E-state index contributed by atoms with van der Waals surface area (Å²) >= 11 is 1.88. The standard InChI is InChI=1S/C16H20N2S/c1-11-5-3-4-6-13(11)9-15-18-16(12-7-8-12)14(19-15)10-17-2/h3-6,12,17H,7-10H2,1-2H3. The number of benzene rings is 1. The first-order valence-electron chi connectivity index (χ1n) is 6.95. The fourth-order valence-electron chi connectivity index (χ4n) is 2.42. The largest absolute Gasteiger partial charge is 0.315 e. The normalized spacial score (nSPS) is 14.8. The molecule has 1 heterocycles. The van der Waals surface area contributed by atoms with Crippen molar-refractivity contribution in [2.24, 2.45) is 0 Å². The second kappa shape index (κ2) is 5.43. The third kappa shape index (κ3) is 2.88. The van der Waals surface area contributed by atoms with E-state index < -0.39 is 0 Å². The molecule has 19 heavy (non-hydrogen) atoms. The van der Waals surface area contributed by atoms with Gasteiger partial charge < -0.3 is 5.32 Å². The summed E-state index contributed by atoms with van der Waals surface area (Å²) in [5, 5.41) is 4.53. The van der Waals surface area contributed by atoms with Gasteiger partial charge in [0, 0.05) is 23.8 Å². The molecule has 1 fully saturated rings. The Bertz CT molecular complexity index is 570. The van der Waals surface area contributed by atoms with E-state index in [0.29, 0.717) is 0 Å². The maximum absolute atomic E-state index is 4.91. The van der Waals surface area contributed by atoms with Crippen molar-refractivity contribution in [3.05, 3.63) is 51.0 Å². The van der Waals surface area contributed by atoms with E-state index in [0.717, 1.165) is 18.9 Å². The molecule has 1 N–H and O–H groups in total. The van der Waals surface area contributed by atoms with Crippen LogP contribution in [0.1, 0.15) is 45.5 Å². The molecule has 1 aliphatic carbocycles. The Balaban J connectivity index is 1.85. The number of hydrogen-bond donors (Lipinski definition) is 1. The highest BCUT2D eigenvalue weighted by Gasteiger charge is 2.29. The lowest BCUT2D eigenvalue weighted by molar-refractivity contribution is 0.812. The molecule has 100 valence electrons. The molecule has 0 radical (unpaired) electrons.